The molecule has 1 fully saturated rings. The molecule has 1 aromatic carbocycles. The van der Waals surface area contributed by atoms with Gasteiger partial charge >= 0.3 is 0 Å². The summed E-state index contributed by atoms with van der Waals surface area (Å²) in [5, 5.41) is 13.0. The molecule has 122 valence electrons. The molecule has 2 aromatic rings. The Bertz CT molecular complexity index is 876. The summed E-state index contributed by atoms with van der Waals surface area (Å²) in [6, 6.07) is 2.63. The highest BCUT2D eigenvalue weighted by Crippen LogP contribution is 2.26. The van der Waals surface area contributed by atoms with E-state index in [1.165, 1.54) is 0 Å². The minimum Gasteiger partial charge on any atom is -0.412 e. The van der Waals surface area contributed by atoms with Gasteiger partial charge in [0.15, 0.2) is 0 Å². The second kappa shape index (κ2) is 5.26. The molecular weight excluding hydrogens is 298 g/mol. The highest BCUT2D eigenvalue weighted by molar-refractivity contribution is 5.99. The lowest BCUT2D eigenvalue weighted by atomic mass is 9.97. The molecule has 1 unspecified atom stereocenters. The Morgan fingerprint density at radius 3 is 2.57 bits per heavy atom. The lowest BCUT2D eigenvalue weighted by molar-refractivity contribution is -0.137. The van der Waals surface area contributed by atoms with Gasteiger partial charge in [-0.05, 0) is 42.5 Å². The van der Waals surface area contributed by atoms with E-state index in [-0.39, 0.29) is 24.7 Å². The van der Waals surface area contributed by atoms with Gasteiger partial charge in [-0.15, -0.1) is 4.85 Å². The van der Waals surface area contributed by atoms with Crippen LogP contribution in [0.15, 0.2) is 16.9 Å². The van der Waals surface area contributed by atoms with E-state index < -0.39 is 17.5 Å². The van der Waals surface area contributed by atoms with Crippen molar-refractivity contribution < 1.29 is 14.8 Å². The Balaban J connectivity index is 2.21. The molecule has 0 bridgehead atoms. The number of hydrogen-bond acceptors (Lipinski definition) is 4. The quantitative estimate of drug-likeness (QED) is 0.647. The van der Waals surface area contributed by atoms with Crippen LogP contribution in [-0.2, 0) is 9.59 Å². The zero-order chi connectivity index (χ0) is 16.9. The molecule has 0 saturated carbocycles. The van der Waals surface area contributed by atoms with Crippen molar-refractivity contribution in [2.45, 2.75) is 45.6 Å². The maximum absolute atomic E-state index is 12.6. The summed E-state index contributed by atoms with van der Waals surface area (Å²) in [4.78, 5) is 36.6. The SMILES string of the molecule is Cc1cc2c(=O)n(C3CCC(=O)NC3=O)n(O)c2cc1C(C)C. The van der Waals surface area contributed by atoms with Gasteiger partial charge in [0.25, 0.3) is 11.5 Å². The normalized spacial score (nSPS) is 18.7. The Labute approximate surface area is 132 Å². The van der Waals surface area contributed by atoms with E-state index in [2.05, 4.69) is 5.32 Å². The first-order valence-corrected chi connectivity index (χ1v) is 7.62. The summed E-state index contributed by atoms with van der Waals surface area (Å²) in [6.45, 7) is 5.98. The van der Waals surface area contributed by atoms with Crippen LogP contribution in [0, 0.1) is 6.92 Å². The largest absolute Gasteiger partial charge is 0.412 e. The van der Waals surface area contributed by atoms with Crippen LogP contribution in [0.2, 0.25) is 0 Å². The first kappa shape index (κ1) is 15.3. The molecule has 1 saturated heterocycles. The third kappa shape index (κ3) is 2.32. The first-order chi connectivity index (χ1) is 10.8. The number of hydrogen-bond donors (Lipinski definition) is 2. The summed E-state index contributed by atoms with van der Waals surface area (Å²) in [6.07, 6.45) is 0.331. The summed E-state index contributed by atoms with van der Waals surface area (Å²) < 4.78 is 1.02. The van der Waals surface area contributed by atoms with E-state index >= 15 is 0 Å². The molecule has 3 rings (SSSR count). The summed E-state index contributed by atoms with van der Waals surface area (Å²) in [7, 11) is 0. The van der Waals surface area contributed by atoms with Gasteiger partial charge in [-0.2, -0.15) is 0 Å². The van der Waals surface area contributed by atoms with Crippen LogP contribution in [-0.4, -0.2) is 26.5 Å². The first-order valence-electron chi connectivity index (χ1n) is 7.62. The predicted octanol–water partition coefficient (Wildman–Crippen LogP) is 1.45. The average molecular weight is 317 g/mol. The van der Waals surface area contributed by atoms with Crippen molar-refractivity contribution in [3.63, 3.8) is 0 Å². The maximum atomic E-state index is 12.6. The zero-order valence-electron chi connectivity index (χ0n) is 13.3. The summed E-state index contributed by atoms with van der Waals surface area (Å²) >= 11 is 0. The number of piperidine rings is 1. The minimum atomic E-state index is -0.889. The van der Waals surface area contributed by atoms with Gasteiger partial charge in [0.2, 0.25) is 5.91 Å². The molecular formula is C16H19N3O4. The van der Waals surface area contributed by atoms with Crippen molar-refractivity contribution in [1.82, 2.24) is 14.8 Å². The van der Waals surface area contributed by atoms with Crippen LogP contribution in [0.4, 0.5) is 0 Å². The number of carbonyl (C=O) groups excluding carboxylic acids is 2. The fourth-order valence-corrected chi connectivity index (χ4v) is 3.19. The lowest BCUT2D eigenvalue weighted by Crippen LogP contribution is -2.45. The van der Waals surface area contributed by atoms with E-state index in [0.717, 1.165) is 20.7 Å². The molecule has 1 aliphatic heterocycles. The van der Waals surface area contributed by atoms with Crippen molar-refractivity contribution >= 4 is 22.7 Å². The average Bonchev–Trinajstić information content (AvgIpc) is 2.70. The third-order valence-corrected chi connectivity index (χ3v) is 4.37. The van der Waals surface area contributed by atoms with Gasteiger partial charge in [0.1, 0.15) is 11.6 Å². The number of aryl methyl sites for hydroxylation is 1. The smallest absolute Gasteiger partial charge is 0.278 e. The number of aromatic nitrogens is 2. The van der Waals surface area contributed by atoms with Gasteiger partial charge in [-0.25, -0.2) is 4.68 Å². The number of nitrogens with zero attached hydrogens (tertiary/aromatic N) is 2. The fraction of sp³-hybridized carbons (Fsp3) is 0.438. The molecule has 7 nitrogen and oxygen atoms in total. The number of rotatable bonds is 2. The molecule has 0 spiro atoms. The Kier molecular flexibility index (Phi) is 3.50. The molecule has 0 aliphatic carbocycles. The number of carbonyl (C=O) groups is 2. The number of amides is 2. The summed E-state index contributed by atoms with van der Waals surface area (Å²) in [5.74, 6) is -0.687. The van der Waals surface area contributed by atoms with Crippen LogP contribution in [0.5, 0.6) is 0 Å². The molecule has 1 atom stereocenters. The molecule has 1 aliphatic rings. The molecule has 2 heterocycles. The van der Waals surface area contributed by atoms with E-state index in [1.54, 1.807) is 12.1 Å². The zero-order valence-corrected chi connectivity index (χ0v) is 13.3. The highest BCUT2D eigenvalue weighted by atomic mass is 16.5. The minimum absolute atomic E-state index is 0.140. The highest BCUT2D eigenvalue weighted by Gasteiger charge is 2.32. The Morgan fingerprint density at radius 2 is 1.96 bits per heavy atom. The molecule has 23 heavy (non-hydrogen) atoms. The van der Waals surface area contributed by atoms with Crippen molar-refractivity contribution in [1.29, 1.82) is 0 Å². The number of benzene rings is 1. The second-order valence-electron chi connectivity index (χ2n) is 6.29. The molecule has 0 radical (unpaired) electrons. The van der Waals surface area contributed by atoms with Crippen LogP contribution in [0.3, 0.4) is 0 Å². The van der Waals surface area contributed by atoms with Crippen LogP contribution >= 0.6 is 0 Å². The number of imide groups is 1. The van der Waals surface area contributed by atoms with Crippen LogP contribution < -0.4 is 10.9 Å². The van der Waals surface area contributed by atoms with E-state index in [0.29, 0.717) is 10.9 Å². The monoisotopic (exact) mass is 317 g/mol. The Morgan fingerprint density at radius 1 is 1.26 bits per heavy atom. The van der Waals surface area contributed by atoms with Crippen molar-refractivity contribution in [3.05, 3.63) is 33.6 Å². The molecule has 2 N–H and O–H groups in total. The van der Waals surface area contributed by atoms with E-state index in [1.807, 2.05) is 20.8 Å². The number of fused-ring (bicyclic) bond motifs is 1. The molecule has 2 amide bonds. The van der Waals surface area contributed by atoms with Crippen molar-refractivity contribution in [2.75, 3.05) is 0 Å². The van der Waals surface area contributed by atoms with Crippen LogP contribution in [0.1, 0.15) is 49.8 Å². The van der Waals surface area contributed by atoms with Gasteiger partial charge < -0.3 is 5.21 Å². The van der Waals surface area contributed by atoms with Gasteiger partial charge in [-0.1, -0.05) is 13.8 Å². The van der Waals surface area contributed by atoms with E-state index in [4.69, 9.17) is 0 Å². The topological polar surface area (TPSA) is 93.3 Å². The standard InChI is InChI=1S/C16H19N3O4/c1-8(2)10-7-13-11(6-9(10)3)16(22)18(19(13)23)12-4-5-14(20)17-15(12)21/h6-8,12,23H,4-5H2,1-3H3,(H,17,20,21). The lowest BCUT2D eigenvalue weighted by Gasteiger charge is -2.22. The van der Waals surface area contributed by atoms with Crippen molar-refractivity contribution in [3.8, 4) is 0 Å². The molecule has 7 heteroatoms. The third-order valence-electron chi connectivity index (χ3n) is 4.37. The van der Waals surface area contributed by atoms with Gasteiger partial charge in [0, 0.05) is 6.42 Å². The van der Waals surface area contributed by atoms with Crippen LogP contribution in [0.25, 0.3) is 10.9 Å². The molecule has 1 aromatic heterocycles. The maximum Gasteiger partial charge on any atom is 0.278 e. The van der Waals surface area contributed by atoms with Gasteiger partial charge in [-0.3, -0.25) is 19.7 Å². The number of nitrogens with one attached hydrogen (secondary N) is 1. The Hall–Kier alpha value is -2.57. The predicted molar refractivity (Wildman–Crippen MR) is 83.6 cm³/mol. The summed E-state index contributed by atoms with van der Waals surface area (Å²) in [5.41, 5.74) is 1.93. The van der Waals surface area contributed by atoms with Gasteiger partial charge in [0.05, 0.1) is 5.39 Å². The van der Waals surface area contributed by atoms with Crippen molar-refractivity contribution in [2.24, 2.45) is 0 Å². The fourth-order valence-electron chi connectivity index (χ4n) is 3.19. The second-order valence-corrected chi connectivity index (χ2v) is 6.29. The van der Waals surface area contributed by atoms with E-state index in [9.17, 15) is 19.6 Å².